The summed E-state index contributed by atoms with van der Waals surface area (Å²) in [5.41, 5.74) is 1.29. The van der Waals surface area contributed by atoms with E-state index in [9.17, 15) is 4.79 Å². The molecule has 1 saturated carbocycles. The van der Waals surface area contributed by atoms with E-state index in [4.69, 9.17) is 4.74 Å². The van der Waals surface area contributed by atoms with Gasteiger partial charge in [0.1, 0.15) is 5.75 Å². The number of likely N-dealkylation sites (tertiary alicyclic amines) is 1. The number of hydrogen-bond acceptors (Lipinski definition) is 2. The molecular weight excluding hydrogens is 262 g/mol. The van der Waals surface area contributed by atoms with Gasteiger partial charge in [-0.1, -0.05) is 19.1 Å². The van der Waals surface area contributed by atoms with E-state index in [0.717, 1.165) is 37.5 Å². The van der Waals surface area contributed by atoms with Crippen LogP contribution in [0.5, 0.6) is 5.75 Å². The zero-order valence-corrected chi connectivity index (χ0v) is 13.0. The number of carbonyl (C=O) groups is 1. The first-order valence-corrected chi connectivity index (χ1v) is 8.09. The molecule has 2 fully saturated rings. The number of rotatable bonds is 5. The quantitative estimate of drug-likeness (QED) is 0.832. The van der Waals surface area contributed by atoms with Crippen molar-refractivity contribution < 1.29 is 9.53 Å². The van der Waals surface area contributed by atoms with Crippen molar-refractivity contribution in [1.29, 1.82) is 0 Å². The number of ether oxygens (including phenoxy) is 1. The maximum atomic E-state index is 12.1. The van der Waals surface area contributed by atoms with E-state index in [-0.39, 0.29) is 0 Å². The predicted octanol–water partition coefficient (Wildman–Crippen LogP) is 3.27. The number of aryl methyl sites for hydroxylation is 1. The summed E-state index contributed by atoms with van der Waals surface area (Å²) in [6, 6.07) is 8.75. The summed E-state index contributed by atoms with van der Waals surface area (Å²) in [4.78, 5) is 14.3. The molecular formula is C18H25NO2. The maximum Gasteiger partial charge on any atom is 0.223 e. The highest BCUT2D eigenvalue weighted by atomic mass is 16.5. The van der Waals surface area contributed by atoms with Gasteiger partial charge < -0.3 is 9.64 Å². The van der Waals surface area contributed by atoms with Crippen molar-refractivity contribution in [2.45, 2.75) is 45.1 Å². The van der Waals surface area contributed by atoms with Crippen molar-refractivity contribution in [1.82, 2.24) is 4.90 Å². The number of carbonyl (C=O) groups excluding carboxylic acids is 1. The third kappa shape index (κ3) is 3.07. The van der Waals surface area contributed by atoms with Crippen LogP contribution in [-0.4, -0.2) is 30.5 Å². The number of fused-ring (bicyclic) bond motifs is 1. The van der Waals surface area contributed by atoms with Gasteiger partial charge >= 0.3 is 0 Å². The Morgan fingerprint density at radius 3 is 3.00 bits per heavy atom. The molecule has 1 aromatic rings. The Morgan fingerprint density at radius 2 is 2.19 bits per heavy atom. The van der Waals surface area contributed by atoms with E-state index in [1.165, 1.54) is 18.4 Å². The Hall–Kier alpha value is -1.51. The molecule has 114 valence electrons. The minimum Gasteiger partial charge on any atom is -0.497 e. The molecule has 1 aromatic carbocycles. The van der Waals surface area contributed by atoms with Gasteiger partial charge in [0.15, 0.2) is 0 Å². The first-order chi connectivity index (χ1) is 10.2. The van der Waals surface area contributed by atoms with Crippen LogP contribution < -0.4 is 4.74 Å². The fourth-order valence-electron chi connectivity index (χ4n) is 4.07. The lowest BCUT2D eigenvalue weighted by atomic mass is 10.0. The van der Waals surface area contributed by atoms with Crippen molar-refractivity contribution in [2.24, 2.45) is 11.8 Å². The molecule has 3 atom stereocenters. The van der Waals surface area contributed by atoms with Crippen molar-refractivity contribution in [3.05, 3.63) is 29.8 Å². The number of nitrogens with zero attached hydrogens (tertiary/aromatic N) is 1. The zero-order valence-electron chi connectivity index (χ0n) is 13.0. The van der Waals surface area contributed by atoms with Crippen molar-refractivity contribution in [3.8, 4) is 5.75 Å². The molecule has 2 aliphatic rings. The van der Waals surface area contributed by atoms with Gasteiger partial charge in [0.05, 0.1) is 7.11 Å². The second-order valence-corrected chi connectivity index (χ2v) is 6.65. The normalized spacial score (nSPS) is 28.0. The highest BCUT2D eigenvalue weighted by Crippen LogP contribution is 2.41. The largest absolute Gasteiger partial charge is 0.497 e. The fourth-order valence-corrected chi connectivity index (χ4v) is 4.07. The lowest BCUT2D eigenvalue weighted by Gasteiger charge is -2.24. The maximum absolute atomic E-state index is 12.1. The average Bonchev–Trinajstić information content (AvgIpc) is 2.96. The molecule has 0 radical (unpaired) electrons. The monoisotopic (exact) mass is 287 g/mol. The first-order valence-electron chi connectivity index (χ1n) is 8.09. The van der Waals surface area contributed by atoms with Crippen LogP contribution in [0.15, 0.2) is 24.3 Å². The van der Waals surface area contributed by atoms with E-state index < -0.39 is 0 Å². The molecule has 0 N–H and O–H groups in total. The molecule has 1 amide bonds. The van der Waals surface area contributed by atoms with Gasteiger partial charge in [0.25, 0.3) is 0 Å². The minimum atomic E-state index is 0.377. The van der Waals surface area contributed by atoms with Gasteiger partial charge in [0.2, 0.25) is 5.91 Å². The van der Waals surface area contributed by atoms with E-state index in [0.29, 0.717) is 17.9 Å². The van der Waals surface area contributed by atoms with E-state index in [1.807, 2.05) is 12.1 Å². The summed E-state index contributed by atoms with van der Waals surface area (Å²) in [6.45, 7) is 3.22. The number of benzene rings is 1. The number of amides is 1. The van der Waals surface area contributed by atoms with Crippen LogP contribution in [0.25, 0.3) is 0 Å². The average molecular weight is 287 g/mol. The number of methoxy groups -OCH3 is 1. The van der Waals surface area contributed by atoms with Gasteiger partial charge in [-0.25, -0.2) is 0 Å². The van der Waals surface area contributed by atoms with Crippen LogP contribution in [0.1, 0.15) is 38.2 Å². The SMILES string of the molecule is COc1cccc(CCCN2C(=O)CC3CC(C)CC32)c1. The minimum absolute atomic E-state index is 0.377. The van der Waals surface area contributed by atoms with Crippen LogP contribution >= 0.6 is 0 Å². The Morgan fingerprint density at radius 1 is 1.33 bits per heavy atom. The topological polar surface area (TPSA) is 29.5 Å². The Labute approximate surface area is 127 Å². The lowest BCUT2D eigenvalue weighted by Crippen LogP contribution is -2.34. The van der Waals surface area contributed by atoms with Crippen molar-refractivity contribution >= 4 is 5.91 Å². The second kappa shape index (κ2) is 6.08. The first kappa shape index (κ1) is 14.4. The van der Waals surface area contributed by atoms with E-state index >= 15 is 0 Å². The van der Waals surface area contributed by atoms with Gasteiger partial charge in [-0.2, -0.15) is 0 Å². The van der Waals surface area contributed by atoms with Crippen molar-refractivity contribution in [2.75, 3.05) is 13.7 Å². The molecule has 3 heteroatoms. The molecule has 1 aliphatic carbocycles. The van der Waals surface area contributed by atoms with Gasteiger partial charge in [-0.05, 0) is 55.2 Å². The molecule has 21 heavy (non-hydrogen) atoms. The summed E-state index contributed by atoms with van der Waals surface area (Å²) >= 11 is 0. The molecule has 3 nitrogen and oxygen atoms in total. The Kier molecular flexibility index (Phi) is 4.18. The van der Waals surface area contributed by atoms with E-state index in [1.54, 1.807) is 7.11 Å². The molecule has 3 unspecified atom stereocenters. The summed E-state index contributed by atoms with van der Waals surface area (Å²) in [5, 5.41) is 0. The predicted molar refractivity (Wildman–Crippen MR) is 83.3 cm³/mol. The molecule has 0 aromatic heterocycles. The lowest BCUT2D eigenvalue weighted by molar-refractivity contribution is -0.129. The van der Waals surface area contributed by atoms with Crippen LogP contribution in [0, 0.1) is 11.8 Å². The summed E-state index contributed by atoms with van der Waals surface area (Å²) < 4.78 is 5.26. The fraction of sp³-hybridized carbons (Fsp3) is 0.611. The highest BCUT2D eigenvalue weighted by molar-refractivity contribution is 5.79. The standard InChI is InChI=1S/C18H25NO2/c1-13-9-15-12-18(20)19(17(15)10-13)8-4-6-14-5-3-7-16(11-14)21-2/h3,5,7,11,13,15,17H,4,6,8-10,12H2,1-2H3. The van der Waals surface area contributed by atoms with Gasteiger partial charge in [-0.15, -0.1) is 0 Å². The van der Waals surface area contributed by atoms with Crippen molar-refractivity contribution in [3.63, 3.8) is 0 Å². The zero-order chi connectivity index (χ0) is 14.8. The molecule has 0 spiro atoms. The van der Waals surface area contributed by atoms with Crippen LogP contribution in [0.4, 0.5) is 0 Å². The van der Waals surface area contributed by atoms with Crippen LogP contribution in [-0.2, 0) is 11.2 Å². The summed E-state index contributed by atoms with van der Waals surface area (Å²) in [5.74, 6) is 2.70. The summed E-state index contributed by atoms with van der Waals surface area (Å²) in [6.07, 6.45) is 5.27. The van der Waals surface area contributed by atoms with E-state index in [2.05, 4.69) is 24.0 Å². The summed E-state index contributed by atoms with van der Waals surface area (Å²) in [7, 11) is 1.70. The third-order valence-corrected chi connectivity index (χ3v) is 5.05. The van der Waals surface area contributed by atoms with Gasteiger partial charge in [0, 0.05) is 19.0 Å². The van der Waals surface area contributed by atoms with Crippen LogP contribution in [0.2, 0.25) is 0 Å². The highest BCUT2D eigenvalue weighted by Gasteiger charge is 2.44. The second-order valence-electron chi connectivity index (χ2n) is 6.65. The molecule has 1 heterocycles. The molecule has 1 aliphatic heterocycles. The van der Waals surface area contributed by atoms with Gasteiger partial charge in [-0.3, -0.25) is 4.79 Å². The Balaban J connectivity index is 1.54. The Bertz CT molecular complexity index is 514. The molecule has 3 rings (SSSR count). The molecule has 0 bridgehead atoms. The smallest absolute Gasteiger partial charge is 0.223 e. The van der Waals surface area contributed by atoms with Crippen LogP contribution in [0.3, 0.4) is 0 Å². The third-order valence-electron chi connectivity index (χ3n) is 5.05. The number of hydrogen-bond donors (Lipinski definition) is 0. The molecule has 1 saturated heterocycles.